The molecule has 6 nitrogen and oxygen atoms in total. The SMILES string of the molecule is Cc1cc(N/N=C/c2cccc(Cl)c2)nc2n[nH]c(N)c12. The number of rotatable bonds is 3. The maximum Gasteiger partial charge on any atom is 0.185 e. The average molecular weight is 301 g/mol. The summed E-state index contributed by atoms with van der Waals surface area (Å²) in [5.74, 6) is 1.12. The van der Waals surface area contributed by atoms with E-state index in [1.165, 1.54) is 0 Å². The van der Waals surface area contributed by atoms with E-state index in [9.17, 15) is 0 Å². The van der Waals surface area contributed by atoms with Gasteiger partial charge in [0.2, 0.25) is 0 Å². The molecule has 0 atom stereocenters. The highest BCUT2D eigenvalue weighted by atomic mass is 35.5. The lowest BCUT2D eigenvalue weighted by molar-refractivity contribution is 1.10. The first kappa shape index (κ1) is 13.4. The number of nitrogens with one attached hydrogen (secondary N) is 2. The summed E-state index contributed by atoms with van der Waals surface area (Å²) in [4.78, 5) is 4.33. The lowest BCUT2D eigenvalue weighted by atomic mass is 10.2. The van der Waals surface area contributed by atoms with E-state index in [1.54, 1.807) is 6.21 Å². The lowest BCUT2D eigenvalue weighted by Crippen LogP contribution is -1.95. The minimum atomic E-state index is 0.518. The molecule has 0 aliphatic heterocycles. The second-order valence-electron chi connectivity index (χ2n) is 4.59. The number of hydrogen-bond donors (Lipinski definition) is 3. The van der Waals surface area contributed by atoms with Crippen LogP contribution >= 0.6 is 11.6 Å². The molecule has 1 aromatic carbocycles. The molecular weight excluding hydrogens is 288 g/mol. The highest BCUT2D eigenvalue weighted by Crippen LogP contribution is 2.22. The fourth-order valence-corrected chi connectivity index (χ4v) is 2.25. The Balaban J connectivity index is 1.82. The maximum absolute atomic E-state index is 5.91. The number of anilines is 2. The van der Waals surface area contributed by atoms with E-state index < -0.39 is 0 Å². The summed E-state index contributed by atoms with van der Waals surface area (Å²) in [6, 6.07) is 9.28. The fourth-order valence-electron chi connectivity index (χ4n) is 2.06. The third-order valence-corrected chi connectivity index (χ3v) is 3.23. The van der Waals surface area contributed by atoms with Crippen molar-refractivity contribution < 1.29 is 0 Å². The first-order valence-corrected chi connectivity index (χ1v) is 6.67. The Kier molecular flexibility index (Phi) is 3.45. The quantitative estimate of drug-likeness (QED) is 0.512. The predicted molar refractivity (Wildman–Crippen MR) is 85.7 cm³/mol. The van der Waals surface area contributed by atoms with E-state index in [4.69, 9.17) is 17.3 Å². The minimum Gasteiger partial charge on any atom is -0.384 e. The number of nitrogens with two attached hydrogens (primary N) is 1. The Labute approximate surface area is 126 Å². The summed E-state index contributed by atoms with van der Waals surface area (Å²) in [5, 5.41) is 12.4. The number of hydrogen-bond acceptors (Lipinski definition) is 5. The van der Waals surface area contributed by atoms with Crippen molar-refractivity contribution in [3.63, 3.8) is 0 Å². The normalized spacial score (nSPS) is 11.3. The minimum absolute atomic E-state index is 0.518. The molecule has 4 N–H and O–H groups in total. The van der Waals surface area contributed by atoms with Crippen molar-refractivity contribution in [1.82, 2.24) is 15.2 Å². The van der Waals surface area contributed by atoms with Crippen molar-refractivity contribution in [2.24, 2.45) is 5.10 Å². The van der Waals surface area contributed by atoms with Gasteiger partial charge >= 0.3 is 0 Å². The first-order chi connectivity index (χ1) is 10.1. The van der Waals surface area contributed by atoms with Gasteiger partial charge in [0.1, 0.15) is 11.6 Å². The molecule has 2 aromatic heterocycles. The molecule has 3 aromatic rings. The van der Waals surface area contributed by atoms with Crippen molar-refractivity contribution in [3.05, 3.63) is 46.5 Å². The summed E-state index contributed by atoms with van der Waals surface area (Å²) in [6.07, 6.45) is 1.67. The Hall–Kier alpha value is -2.60. The highest BCUT2D eigenvalue weighted by molar-refractivity contribution is 6.30. The smallest absolute Gasteiger partial charge is 0.185 e. The monoisotopic (exact) mass is 300 g/mol. The Morgan fingerprint density at radius 2 is 2.24 bits per heavy atom. The van der Waals surface area contributed by atoms with Gasteiger partial charge in [-0.2, -0.15) is 10.2 Å². The molecule has 0 spiro atoms. The van der Waals surface area contributed by atoms with Gasteiger partial charge in [0.25, 0.3) is 0 Å². The zero-order chi connectivity index (χ0) is 14.8. The van der Waals surface area contributed by atoms with Gasteiger partial charge in [-0.1, -0.05) is 23.7 Å². The molecule has 0 saturated carbocycles. The summed E-state index contributed by atoms with van der Waals surface area (Å²) < 4.78 is 0. The van der Waals surface area contributed by atoms with Crippen LogP contribution in [0, 0.1) is 6.92 Å². The number of fused-ring (bicyclic) bond motifs is 1. The number of aromatic nitrogens is 3. The van der Waals surface area contributed by atoms with Gasteiger partial charge < -0.3 is 5.73 Å². The number of H-pyrrole nitrogens is 1. The summed E-state index contributed by atoms with van der Waals surface area (Å²) in [6.45, 7) is 1.95. The van der Waals surface area contributed by atoms with Crippen LogP contribution in [0.15, 0.2) is 35.4 Å². The van der Waals surface area contributed by atoms with Crippen LogP contribution in [-0.4, -0.2) is 21.4 Å². The van der Waals surface area contributed by atoms with Crippen LogP contribution in [0.3, 0.4) is 0 Å². The van der Waals surface area contributed by atoms with Crippen LogP contribution in [0.2, 0.25) is 5.02 Å². The van der Waals surface area contributed by atoms with Crippen LogP contribution in [0.25, 0.3) is 11.0 Å². The van der Waals surface area contributed by atoms with E-state index in [0.29, 0.717) is 22.3 Å². The van der Waals surface area contributed by atoms with Gasteiger partial charge in [0.15, 0.2) is 5.65 Å². The molecule has 0 bridgehead atoms. The van der Waals surface area contributed by atoms with Crippen molar-refractivity contribution >= 4 is 40.5 Å². The van der Waals surface area contributed by atoms with Gasteiger partial charge in [-0.05, 0) is 36.2 Å². The van der Waals surface area contributed by atoms with Gasteiger partial charge in [-0.15, -0.1) is 0 Å². The van der Waals surface area contributed by atoms with Gasteiger partial charge in [-0.25, -0.2) is 4.98 Å². The number of benzene rings is 1. The largest absolute Gasteiger partial charge is 0.384 e. The number of nitrogens with zero attached hydrogens (tertiary/aromatic N) is 3. The molecular formula is C14H13ClN6. The predicted octanol–water partition coefficient (Wildman–Crippen LogP) is 2.95. The molecule has 0 aliphatic carbocycles. The zero-order valence-electron chi connectivity index (χ0n) is 11.3. The summed E-state index contributed by atoms with van der Waals surface area (Å²) in [5.41, 5.74) is 11.1. The molecule has 2 heterocycles. The Morgan fingerprint density at radius 1 is 1.38 bits per heavy atom. The molecule has 106 valence electrons. The lowest BCUT2D eigenvalue weighted by Gasteiger charge is -2.02. The van der Waals surface area contributed by atoms with Crippen molar-refractivity contribution in [2.45, 2.75) is 6.92 Å². The first-order valence-electron chi connectivity index (χ1n) is 6.29. The third-order valence-electron chi connectivity index (χ3n) is 2.99. The Bertz CT molecular complexity index is 823. The van der Waals surface area contributed by atoms with Crippen molar-refractivity contribution in [2.75, 3.05) is 11.2 Å². The fraction of sp³-hybridized carbons (Fsp3) is 0.0714. The number of hydrazone groups is 1. The van der Waals surface area contributed by atoms with E-state index in [2.05, 4.69) is 25.7 Å². The topological polar surface area (TPSA) is 92.0 Å². The third kappa shape index (κ3) is 2.80. The molecule has 0 radical (unpaired) electrons. The molecule has 0 aliphatic rings. The number of nitrogen functional groups attached to an aromatic ring is 1. The molecule has 0 unspecified atom stereocenters. The van der Waals surface area contributed by atoms with Crippen molar-refractivity contribution in [1.29, 1.82) is 0 Å². The number of aromatic amines is 1. The molecule has 7 heteroatoms. The van der Waals surface area contributed by atoms with Crippen LogP contribution in [0.1, 0.15) is 11.1 Å². The second kappa shape index (κ2) is 5.41. The van der Waals surface area contributed by atoms with Gasteiger partial charge in [0.05, 0.1) is 11.6 Å². The molecule has 0 fully saturated rings. The summed E-state index contributed by atoms with van der Waals surface area (Å²) >= 11 is 5.91. The van der Waals surface area contributed by atoms with E-state index in [1.807, 2.05) is 37.3 Å². The average Bonchev–Trinajstić information content (AvgIpc) is 2.81. The zero-order valence-corrected chi connectivity index (χ0v) is 12.0. The molecule has 3 rings (SSSR count). The molecule has 0 amide bonds. The van der Waals surface area contributed by atoms with Crippen LogP contribution in [0.5, 0.6) is 0 Å². The van der Waals surface area contributed by atoms with Crippen LogP contribution < -0.4 is 11.2 Å². The number of pyridine rings is 1. The molecule has 21 heavy (non-hydrogen) atoms. The maximum atomic E-state index is 5.91. The van der Waals surface area contributed by atoms with Gasteiger partial charge in [0, 0.05) is 5.02 Å². The second-order valence-corrected chi connectivity index (χ2v) is 5.02. The van der Waals surface area contributed by atoms with Crippen LogP contribution in [-0.2, 0) is 0 Å². The highest BCUT2D eigenvalue weighted by Gasteiger charge is 2.08. The van der Waals surface area contributed by atoms with Crippen LogP contribution in [0.4, 0.5) is 11.6 Å². The molecule has 0 saturated heterocycles. The van der Waals surface area contributed by atoms with Gasteiger partial charge in [-0.3, -0.25) is 10.5 Å². The standard InChI is InChI=1S/C14H13ClN6/c1-8-5-11(18-14-12(8)13(16)20-21-14)19-17-7-9-3-2-4-10(15)6-9/h2-7H,1H3,(H4,16,18,19,20,21)/b17-7+. The number of halogens is 1. The van der Waals surface area contributed by atoms with E-state index in [-0.39, 0.29) is 0 Å². The van der Waals surface area contributed by atoms with E-state index in [0.717, 1.165) is 16.5 Å². The van der Waals surface area contributed by atoms with E-state index >= 15 is 0 Å². The summed E-state index contributed by atoms with van der Waals surface area (Å²) in [7, 11) is 0. The van der Waals surface area contributed by atoms with Crippen molar-refractivity contribution in [3.8, 4) is 0 Å². The number of aryl methyl sites for hydroxylation is 1. The Morgan fingerprint density at radius 3 is 3.05 bits per heavy atom.